The molecule has 1 amide bonds. The van der Waals surface area contributed by atoms with Crippen LogP contribution in [0, 0.1) is 0 Å². The number of pyridine rings is 1. The summed E-state index contributed by atoms with van der Waals surface area (Å²) in [5.74, 6) is 1.42. The van der Waals surface area contributed by atoms with Crippen molar-refractivity contribution in [2.24, 2.45) is 0 Å². The highest BCUT2D eigenvalue weighted by atomic mass is 16.5. The lowest BCUT2D eigenvalue weighted by Gasteiger charge is -2.33. The Morgan fingerprint density at radius 2 is 1.82 bits per heavy atom. The summed E-state index contributed by atoms with van der Waals surface area (Å²) in [6.45, 7) is 3.96. The topological polar surface area (TPSA) is 57.7 Å². The molecule has 28 heavy (non-hydrogen) atoms. The molecule has 0 saturated carbocycles. The predicted molar refractivity (Wildman–Crippen MR) is 112 cm³/mol. The Morgan fingerprint density at radius 1 is 1.04 bits per heavy atom. The van der Waals surface area contributed by atoms with Crippen molar-refractivity contribution in [3.8, 4) is 5.75 Å². The Morgan fingerprint density at radius 3 is 2.57 bits per heavy atom. The van der Waals surface area contributed by atoms with Crippen molar-refractivity contribution in [1.29, 1.82) is 0 Å². The van der Waals surface area contributed by atoms with Gasteiger partial charge in [-0.15, -0.1) is 0 Å². The van der Waals surface area contributed by atoms with E-state index in [1.165, 1.54) is 0 Å². The van der Waals surface area contributed by atoms with Crippen LogP contribution in [0.15, 0.2) is 60.8 Å². The van der Waals surface area contributed by atoms with Crippen LogP contribution in [-0.2, 0) is 4.79 Å². The van der Waals surface area contributed by atoms with E-state index in [2.05, 4.69) is 27.1 Å². The van der Waals surface area contributed by atoms with Gasteiger partial charge in [-0.05, 0) is 42.1 Å². The van der Waals surface area contributed by atoms with Gasteiger partial charge in [0, 0.05) is 26.2 Å². The first-order valence-electron chi connectivity index (χ1n) is 9.48. The van der Waals surface area contributed by atoms with E-state index < -0.39 is 0 Å². The van der Waals surface area contributed by atoms with E-state index in [0.29, 0.717) is 11.4 Å². The standard InChI is InChI=1S/C22H24N4O2/c1-25-10-12-26(13-11-25)21-9-7-19(15-23-21)24-22(27)16-28-20-8-6-17-4-2-3-5-18(17)14-20/h2-9,14-15H,10-13,16H2,1H3,(H,24,27). The van der Waals surface area contributed by atoms with Gasteiger partial charge in [0.05, 0.1) is 11.9 Å². The molecule has 4 rings (SSSR count). The molecule has 3 aromatic rings. The van der Waals surface area contributed by atoms with Crippen LogP contribution in [0.1, 0.15) is 0 Å². The van der Waals surface area contributed by atoms with Gasteiger partial charge in [-0.25, -0.2) is 4.98 Å². The first-order chi connectivity index (χ1) is 13.7. The van der Waals surface area contributed by atoms with Crippen molar-refractivity contribution in [2.75, 3.05) is 50.1 Å². The summed E-state index contributed by atoms with van der Waals surface area (Å²) in [4.78, 5) is 21.2. The normalized spacial score (nSPS) is 14.8. The highest BCUT2D eigenvalue weighted by molar-refractivity contribution is 5.92. The maximum absolute atomic E-state index is 12.2. The molecule has 0 spiro atoms. The number of ether oxygens (including phenoxy) is 1. The molecule has 0 radical (unpaired) electrons. The third-order valence-corrected chi connectivity index (χ3v) is 4.95. The van der Waals surface area contributed by atoms with Gasteiger partial charge in [0.1, 0.15) is 11.6 Å². The number of hydrogen-bond acceptors (Lipinski definition) is 5. The summed E-state index contributed by atoms with van der Waals surface area (Å²) >= 11 is 0. The minimum atomic E-state index is -0.206. The molecule has 2 aromatic carbocycles. The van der Waals surface area contributed by atoms with Crippen molar-refractivity contribution < 1.29 is 9.53 Å². The number of carbonyl (C=O) groups is 1. The zero-order valence-electron chi connectivity index (χ0n) is 16.0. The molecule has 2 heterocycles. The Labute approximate surface area is 164 Å². The van der Waals surface area contributed by atoms with Crippen LogP contribution < -0.4 is 15.0 Å². The van der Waals surface area contributed by atoms with Gasteiger partial charge in [0.15, 0.2) is 6.61 Å². The van der Waals surface area contributed by atoms with Crippen molar-refractivity contribution >= 4 is 28.2 Å². The van der Waals surface area contributed by atoms with E-state index in [0.717, 1.165) is 42.8 Å². The molecule has 0 aliphatic carbocycles. The summed E-state index contributed by atoms with van der Waals surface area (Å²) < 4.78 is 5.63. The minimum absolute atomic E-state index is 0.0431. The van der Waals surface area contributed by atoms with E-state index in [-0.39, 0.29) is 12.5 Å². The fraction of sp³-hybridized carbons (Fsp3) is 0.273. The Kier molecular flexibility index (Phi) is 5.39. The number of nitrogens with zero attached hydrogens (tertiary/aromatic N) is 3. The largest absolute Gasteiger partial charge is 0.484 e. The van der Waals surface area contributed by atoms with Gasteiger partial charge in [0.25, 0.3) is 5.91 Å². The van der Waals surface area contributed by atoms with Crippen LogP contribution in [0.4, 0.5) is 11.5 Å². The molecule has 6 heteroatoms. The van der Waals surface area contributed by atoms with Crippen LogP contribution >= 0.6 is 0 Å². The highest BCUT2D eigenvalue weighted by Crippen LogP contribution is 2.20. The minimum Gasteiger partial charge on any atom is -0.484 e. The lowest BCUT2D eigenvalue weighted by Crippen LogP contribution is -2.44. The molecule has 0 unspecified atom stereocenters. The van der Waals surface area contributed by atoms with Crippen LogP contribution in [-0.4, -0.2) is 55.6 Å². The molecule has 6 nitrogen and oxygen atoms in total. The zero-order chi connectivity index (χ0) is 19.3. The second kappa shape index (κ2) is 8.27. The number of anilines is 2. The first kappa shape index (κ1) is 18.3. The van der Waals surface area contributed by atoms with Crippen LogP contribution in [0.5, 0.6) is 5.75 Å². The molecule has 1 saturated heterocycles. The van der Waals surface area contributed by atoms with Gasteiger partial charge in [-0.1, -0.05) is 30.3 Å². The number of nitrogens with one attached hydrogen (secondary N) is 1. The SMILES string of the molecule is CN1CCN(c2ccc(NC(=O)COc3ccc4ccccc4c3)cn2)CC1. The molecular formula is C22H24N4O2. The Hall–Kier alpha value is -3.12. The quantitative estimate of drug-likeness (QED) is 0.742. The van der Waals surface area contributed by atoms with E-state index >= 15 is 0 Å². The van der Waals surface area contributed by atoms with Gasteiger partial charge < -0.3 is 19.9 Å². The van der Waals surface area contributed by atoms with Crippen LogP contribution in [0.3, 0.4) is 0 Å². The van der Waals surface area contributed by atoms with Crippen molar-refractivity contribution in [2.45, 2.75) is 0 Å². The van der Waals surface area contributed by atoms with E-state index in [1.807, 2.05) is 54.6 Å². The number of likely N-dealkylation sites (N-methyl/N-ethyl adjacent to an activating group) is 1. The maximum Gasteiger partial charge on any atom is 0.262 e. The number of hydrogen-bond donors (Lipinski definition) is 1. The van der Waals surface area contributed by atoms with Crippen molar-refractivity contribution in [1.82, 2.24) is 9.88 Å². The number of carbonyl (C=O) groups excluding carboxylic acids is 1. The highest BCUT2D eigenvalue weighted by Gasteiger charge is 2.15. The lowest BCUT2D eigenvalue weighted by molar-refractivity contribution is -0.118. The monoisotopic (exact) mass is 376 g/mol. The zero-order valence-corrected chi connectivity index (χ0v) is 16.0. The average molecular weight is 376 g/mol. The molecule has 1 aliphatic heterocycles. The van der Waals surface area contributed by atoms with Gasteiger partial charge in [-0.2, -0.15) is 0 Å². The first-order valence-corrected chi connectivity index (χ1v) is 9.48. The Balaban J connectivity index is 1.30. The number of aromatic nitrogens is 1. The second-order valence-electron chi connectivity index (χ2n) is 7.04. The number of fused-ring (bicyclic) bond motifs is 1. The summed E-state index contributed by atoms with van der Waals surface area (Å²) in [7, 11) is 2.13. The molecule has 1 aromatic heterocycles. The number of amides is 1. The van der Waals surface area contributed by atoms with Crippen LogP contribution in [0.25, 0.3) is 10.8 Å². The van der Waals surface area contributed by atoms with Crippen molar-refractivity contribution in [3.05, 3.63) is 60.8 Å². The Bertz CT molecular complexity index is 950. The fourth-order valence-electron chi connectivity index (χ4n) is 3.29. The van der Waals surface area contributed by atoms with Crippen molar-refractivity contribution in [3.63, 3.8) is 0 Å². The molecule has 1 aliphatic rings. The summed E-state index contributed by atoms with van der Waals surface area (Å²) in [6, 6.07) is 17.7. The van der Waals surface area contributed by atoms with Gasteiger partial charge in [-0.3, -0.25) is 4.79 Å². The third kappa shape index (κ3) is 4.40. The summed E-state index contributed by atoms with van der Waals surface area (Å²) in [5.41, 5.74) is 0.671. The molecule has 1 fully saturated rings. The van der Waals surface area contributed by atoms with E-state index in [9.17, 15) is 4.79 Å². The fourth-order valence-corrected chi connectivity index (χ4v) is 3.29. The summed E-state index contributed by atoms with van der Waals surface area (Å²) in [6.07, 6.45) is 1.70. The van der Waals surface area contributed by atoms with Gasteiger partial charge >= 0.3 is 0 Å². The number of benzene rings is 2. The molecule has 1 N–H and O–H groups in total. The molecule has 0 bridgehead atoms. The van der Waals surface area contributed by atoms with E-state index in [4.69, 9.17) is 4.74 Å². The molecule has 144 valence electrons. The molecular weight excluding hydrogens is 352 g/mol. The smallest absolute Gasteiger partial charge is 0.262 e. The number of rotatable bonds is 5. The average Bonchev–Trinajstić information content (AvgIpc) is 2.73. The van der Waals surface area contributed by atoms with Crippen LogP contribution in [0.2, 0.25) is 0 Å². The molecule has 0 atom stereocenters. The third-order valence-electron chi connectivity index (χ3n) is 4.95. The van der Waals surface area contributed by atoms with E-state index in [1.54, 1.807) is 6.20 Å². The summed E-state index contributed by atoms with van der Waals surface area (Å²) in [5, 5.41) is 5.06. The van der Waals surface area contributed by atoms with Gasteiger partial charge in [0.2, 0.25) is 0 Å². The lowest BCUT2D eigenvalue weighted by atomic mass is 10.1. The predicted octanol–water partition coefficient (Wildman–Crippen LogP) is 3.00. The number of piperazine rings is 1. The maximum atomic E-state index is 12.2. The second-order valence-corrected chi connectivity index (χ2v) is 7.04.